The zero-order valence-electron chi connectivity index (χ0n) is 9.60. The van der Waals surface area contributed by atoms with E-state index < -0.39 is 0 Å². The Morgan fingerprint density at radius 2 is 2.24 bits per heavy atom. The van der Waals surface area contributed by atoms with Crippen LogP contribution in [0.15, 0.2) is 29.6 Å². The second-order valence-corrected chi connectivity index (χ2v) is 5.22. The molecule has 1 aromatic heterocycles. The van der Waals surface area contributed by atoms with Gasteiger partial charge in [0, 0.05) is 17.6 Å². The van der Waals surface area contributed by atoms with Crippen LogP contribution in [0.3, 0.4) is 0 Å². The molecule has 1 aliphatic heterocycles. The fraction of sp³-hybridized carbons (Fsp3) is 0.308. The van der Waals surface area contributed by atoms with Crippen LogP contribution < -0.4 is 10.6 Å². The van der Waals surface area contributed by atoms with Gasteiger partial charge in [0.1, 0.15) is 0 Å². The van der Waals surface area contributed by atoms with E-state index >= 15 is 0 Å². The Morgan fingerprint density at radius 3 is 3.06 bits per heavy atom. The molecule has 3 nitrogen and oxygen atoms in total. The lowest BCUT2D eigenvalue weighted by Crippen LogP contribution is -2.28. The fourth-order valence-electron chi connectivity index (χ4n) is 2.37. The number of hydrogen-bond acceptors (Lipinski definition) is 4. The van der Waals surface area contributed by atoms with Crippen LogP contribution in [0.4, 0.5) is 10.8 Å². The maximum Gasteiger partial charge on any atom is 0.180 e. The molecule has 0 amide bonds. The predicted octanol–water partition coefficient (Wildman–Crippen LogP) is 2.68. The third-order valence-electron chi connectivity index (χ3n) is 3.13. The zero-order chi connectivity index (χ0) is 11.7. The Kier molecular flexibility index (Phi) is 2.73. The largest absolute Gasteiger partial charge is 0.375 e. The number of fused-ring (bicyclic) bond motifs is 1. The number of thiazole rings is 1. The Bertz CT molecular complexity index is 521. The van der Waals surface area contributed by atoms with Crippen molar-refractivity contribution in [3.8, 4) is 0 Å². The molecule has 0 fully saturated rings. The minimum Gasteiger partial charge on any atom is -0.375 e. The summed E-state index contributed by atoms with van der Waals surface area (Å²) in [6.45, 7) is 1.97. The topological polar surface area (TPSA) is 42.1 Å². The SMILES string of the molecule is Nc1nc(CN2CCCc3ccccc32)cs1. The monoisotopic (exact) mass is 245 g/mol. The summed E-state index contributed by atoms with van der Waals surface area (Å²) in [5.41, 5.74) is 9.54. The van der Waals surface area contributed by atoms with Gasteiger partial charge >= 0.3 is 0 Å². The van der Waals surface area contributed by atoms with Gasteiger partial charge in [-0.3, -0.25) is 0 Å². The van der Waals surface area contributed by atoms with E-state index in [1.54, 1.807) is 0 Å². The minimum atomic E-state index is 0.658. The van der Waals surface area contributed by atoms with E-state index in [0.717, 1.165) is 18.8 Å². The summed E-state index contributed by atoms with van der Waals surface area (Å²) >= 11 is 1.51. The van der Waals surface area contributed by atoms with Crippen LogP contribution in [0, 0.1) is 0 Å². The molecule has 0 aliphatic carbocycles. The minimum absolute atomic E-state index is 0.658. The van der Waals surface area contributed by atoms with Crippen LogP contribution >= 0.6 is 11.3 Å². The molecule has 1 aliphatic rings. The number of aryl methyl sites for hydroxylation is 1. The van der Waals surface area contributed by atoms with Crippen molar-refractivity contribution < 1.29 is 0 Å². The molecule has 88 valence electrons. The zero-order valence-corrected chi connectivity index (χ0v) is 10.4. The first-order valence-electron chi connectivity index (χ1n) is 5.85. The first kappa shape index (κ1) is 10.6. The highest BCUT2D eigenvalue weighted by molar-refractivity contribution is 7.13. The van der Waals surface area contributed by atoms with Gasteiger partial charge in [-0.25, -0.2) is 4.98 Å². The molecule has 4 heteroatoms. The normalized spacial score (nSPS) is 14.7. The summed E-state index contributed by atoms with van der Waals surface area (Å²) in [5, 5.41) is 2.71. The molecule has 2 heterocycles. The van der Waals surface area contributed by atoms with Gasteiger partial charge < -0.3 is 10.6 Å². The number of hydrogen-bond donors (Lipinski definition) is 1. The van der Waals surface area contributed by atoms with E-state index in [0.29, 0.717) is 5.13 Å². The second kappa shape index (κ2) is 4.37. The molecule has 17 heavy (non-hydrogen) atoms. The molecule has 0 saturated carbocycles. The lowest BCUT2D eigenvalue weighted by Gasteiger charge is -2.30. The predicted molar refractivity (Wildman–Crippen MR) is 72.3 cm³/mol. The number of para-hydroxylation sites is 1. The van der Waals surface area contributed by atoms with Gasteiger partial charge in [-0.2, -0.15) is 0 Å². The number of anilines is 2. The second-order valence-electron chi connectivity index (χ2n) is 4.33. The van der Waals surface area contributed by atoms with Crippen molar-refractivity contribution in [3.63, 3.8) is 0 Å². The Labute approximate surface area is 105 Å². The summed E-state index contributed by atoms with van der Waals surface area (Å²) in [6, 6.07) is 8.64. The molecular weight excluding hydrogens is 230 g/mol. The maximum absolute atomic E-state index is 5.67. The molecular formula is C13H15N3S. The Hall–Kier alpha value is -1.55. The summed E-state index contributed by atoms with van der Waals surface area (Å²) < 4.78 is 0. The molecule has 2 aromatic rings. The van der Waals surface area contributed by atoms with E-state index in [-0.39, 0.29) is 0 Å². The summed E-state index contributed by atoms with van der Waals surface area (Å²) in [4.78, 5) is 6.73. The van der Waals surface area contributed by atoms with Gasteiger partial charge in [0.25, 0.3) is 0 Å². The number of nitrogens with two attached hydrogens (primary N) is 1. The van der Waals surface area contributed by atoms with Crippen molar-refractivity contribution in [2.24, 2.45) is 0 Å². The van der Waals surface area contributed by atoms with E-state index in [1.807, 2.05) is 5.38 Å². The van der Waals surface area contributed by atoms with E-state index in [2.05, 4.69) is 34.1 Å². The summed E-state index contributed by atoms with van der Waals surface area (Å²) in [7, 11) is 0. The molecule has 2 N–H and O–H groups in total. The Balaban J connectivity index is 1.85. The van der Waals surface area contributed by atoms with Gasteiger partial charge in [0.05, 0.1) is 12.2 Å². The van der Waals surface area contributed by atoms with Crippen LogP contribution in [-0.4, -0.2) is 11.5 Å². The number of benzene rings is 1. The first-order chi connectivity index (χ1) is 8.33. The van der Waals surface area contributed by atoms with E-state index in [9.17, 15) is 0 Å². The van der Waals surface area contributed by atoms with Gasteiger partial charge in [-0.1, -0.05) is 18.2 Å². The molecule has 0 atom stereocenters. The third kappa shape index (κ3) is 2.13. The lowest BCUT2D eigenvalue weighted by molar-refractivity contribution is 0.686. The van der Waals surface area contributed by atoms with Gasteiger partial charge in [-0.15, -0.1) is 11.3 Å². The summed E-state index contributed by atoms with van der Waals surface area (Å²) in [5.74, 6) is 0. The standard InChI is InChI=1S/C13H15N3S/c14-13-15-11(9-17-13)8-16-7-3-5-10-4-1-2-6-12(10)16/h1-2,4,6,9H,3,5,7-8H2,(H2,14,15). The highest BCUT2D eigenvalue weighted by atomic mass is 32.1. The molecule has 0 saturated heterocycles. The van der Waals surface area contributed by atoms with Crippen molar-refractivity contribution in [3.05, 3.63) is 40.9 Å². The van der Waals surface area contributed by atoms with Crippen molar-refractivity contribution in [2.45, 2.75) is 19.4 Å². The van der Waals surface area contributed by atoms with Crippen LogP contribution in [0.25, 0.3) is 0 Å². The van der Waals surface area contributed by atoms with Crippen LogP contribution in [0.5, 0.6) is 0 Å². The average Bonchev–Trinajstić information content (AvgIpc) is 2.75. The molecule has 1 aromatic carbocycles. The third-order valence-corrected chi connectivity index (χ3v) is 3.85. The van der Waals surface area contributed by atoms with Gasteiger partial charge in [-0.05, 0) is 24.5 Å². The molecule has 0 bridgehead atoms. The van der Waals surface area contributed by atoms with Gasteiger partial charge in [0.2, 0.25) is 0 Å². The lowest BCUT2D eigenvalue weighted by atomic mass is 10.0. The molecule has 0 unspecified atom stereocenters. The number of aromatic nitrogens is 1. The Morgan fingerprint density at radius 1 is 1.35 bits per heavy atom. The number of nitrogens with zero attached hydrogens (tertiary/aromatic N) is 2. The van der Waals surface area contributed by atoms with Crippen molar-refractivity contribution in [1.29, 1.82) is 0 Å². The smallest absolute Gasteiger partial charge is 0.180 e. The van der Waals surface area contributed by atoms with E-state index in [4.69, 9.17) is 5.73 Å². The van der Waals surface area contributed by atoms with Crippen molar-refractivity contribution >= 4 is 22.2 Å². The van der Waals surface area contributed by atoms with Crippen molar-refractivity contribution in [2.75, 3.05) is 17.2 Å². The van der Waals surface area contributed by atoms with Crippen molar-refractivity contribution in [1.82, 2.24) is 4.98 Å². The molecule has 0 radical (unpaired) electrons. The maximum atomic E-state index is 5.67. The average molecular weight is 245 g/mol. The van der Waals surface area contributed by atoms with E-state index in [1.165, 1.54) is 35.4 Å². The molecule has 0 spiro atoms. The van der Waals surface area contributed by atoms with Crippen LogP contribution in [0.2, 0.25) is 0 Å². The summed E-state index contributed by atoms with van der Waals surface area (Å²) in [6.07, 6.45) is 2.41. The highest BCUT2D eigenvalue weighted by Gasteiger charge is 2.16. The van der Waals surface area contributed by atoms with Crippen LogP contribution in [0.1, 0.15) is 17.7 Å². The highest BCUT2D eigenvalue weighted by Crippen LogP contribution is 2.28. The number of nitrogen functional groups attached to an aromatic ring is 1. The van der Waals surface area contributed by atoms with Gasteiger partial charge in [0.15, 0.2) is 5.13 Å². The first-order valence-corrected chi connectivity index (χ1v) is 6.73. The fourth-order valence-corrected chi connectivity index (χ4v) is 2.92. The van der Waals surface area contributed by atoms with Crippen LogP contribution in [-0.2, 0) is 13.0 Å². The molecule has 3 rings (SSSR count). The quantitative estimate of drug-likeness (QED) is 0.884. The number of rotatable bonds is 2.